The van der Waals surface area contributed by atoms with E-state index in [1.165, 1.54) is 31.0 Å². The first kappa shape index (κ1) is 22.9. The van der Waals surface area contributed by atoms with Gasteiger partial charge in [0.25, 0.3) is 0 Å². The average molecular weight is 444 g/mol. The van der Waals surface area contributed by atoms with Crippen molar-refractivity contribution in [1.29, 1.82) is 5.26 Å². The maximum absolute atomic E-state index is 12.4. The van der Waals surface area contributed by atoms with Crippen LogP contribution in [-0.2, 0) is 4.79 Å². The third kappa shape index (κ3) is 5.50. The Morgan fingerprint density at radius 3 is 2.65 bits per heavy atom. The summed E-state index contributed by atoms with van der Waals surface area (Å²) in [5, 5.41) is 18.4. The lowest BCUT2D eigenvalue weighted by atomic mass is 9.95. The van der Waals surface area contributed by atoms with E-state index in [0.29, 0.717) is 30.5 Å². The molecule has 1 aromatic carbocycles. The van der Waals surface area contributed by atoms with Crippen LogP contribution < -0.4 is 9.47 Å². The number of carbonyl (C=O) groups is 1. The number of hydrogen-bond acceptors (Lipinski definition) is 7. The summed E-state index contributed by atoms with van der Waals surface area (Å²) in [4.78, 5) is 14.0. The van der Waals surface area contributed by atoms with E-state index in [0.717, 1.165) is 29.4 Å². The van der Waals surface area contributed by atoms with Gasteiger partial charge in [0.15, 0.2) is 22.5 Å². The number of nitrogens with zero attached hydrogens (tertiary/aromatic N) is 5. The summed E-state index contributed by atoms with van der Waals surface area (Å²) in [6, 6.07) is 8.12. The van der Waals surface area contributed by atoms with Crippen LogP contribution in [0.15, 0.2) is 23.4 Å². The van der Waals surface area contributed by atoms with Gasteiger partial charge >= 0.3 is 0 Å². The van der Waals surface area contributed by atoms with Crippen molar-refractivity contribution in [3.8, 4) is 29.0 Å². The fourth-order valence-corrected chi connectivity index (χ4v) is 4.74. The summed E-state index contributed by atoms with van der Waals surface area (Å²) in [7, 11) is 4.95. The van der Waals surface area contributed by atoms with Crippen LogP contribution in [0.3, 0.4) is 0 Å². The first-order valence-corrected chi connectivity index (χ1v) is 11.5. The largest absolute Gasteiger partial charge is 0.493 e. The highest BCUT2D eigenvalue weighted by atomic mass is 32.2. The number of hydrogen-bond donors (Lipinski definition) is 0. The van der Waals surface area contributed by atoms with E-state index in [-0.39, 0.29) is 11.7 Å². The lowest BCUT2D eigenvalue weighted by molar-refractivity contribution is -0.127. The normalized spacial score (nSPS) is 14.1. The summed E-state index contributed by atoms with van der Waals surface area (Å²) in [5.41, 5.74) is 0.903. The molecule has 1 fully saturated rings. The Morgan fingerprint density at radius 2 is 1.97 bits per heavy atom. The molecule has 0 N–H and O–H groups in total. The van der Waals surface area contributed by atoms with Gasteiger partial charge in [0.1, 0.15) is 0 Å². The number of methoxy groups -OCH3 is 2. The predicted octanol–water partition coefficient (Wildman–Crippen LogP) is 3.93. The highest BCUT2D eigenvalue weighted by molar-refractivity contribution is 7.99. The molecule has 3 rings (SSSR count). The number of rotatable bonds is 9. The van der Waals surface area contributed by atoms with Gasteiger partial charge in [-0.25, -0.2) is 0 Å². The molecular formula is C22H29N5O3S. The van der Waals surface area contributed by atoms with E-state index in [4.69, 9.17) is 14.7 Å². The SMILES string of the molecule is COc1ccc(-c2nnc(SCC(=O)N(C)CCC#N)n2C2CCCCC2)cc1OC. The van der Waals surface area contributed by atoms with Crippen molar-refractivity contribution in [2.24, 2.45) is 0 Å². The van der Waals surface area contributed by atoms with Gasteiger partial charge in [-0.15, -0.1) is 10.2 Å². The second-order valence-electron chi connectivity index (χ2n) is 7.55. The molecule has 166 valence electrons. The molecular weight excluding hydrogens is 414 g/mol. The maximum atomic E-state index is 12.4. The molecule has 0 radical (unpaired) electrons. The Balaban J connectivity index is 1.88. The molecule has 31 heavy (non-hydrogen) atoms. The van der Waals surface area contributed by atoms with Crippen molar-refractivity contribution in [2.45, 2.75) is 49.7 Å². The fraction of sp³-hybridized carbons (Fsp3) is 0.545. The Labute approximate surface area is 187 Å². The molecule has 1 aromatic heterocycles. The molecule has 1 saturated carbocycles. The van der Waals surface area contributed by atoms with E-state index >= 15 is 0 Å². The third-order valence-corrected chi connectivity index (χ3v) is 6.48. The van der Waals surface area contributed by atoms with Crippen LogP contribution in [0.2, 0.25) is 0 Å². The molecule has 1 amide bonds. The topological polar surface area (TPSA) is 93.3 Å². The lowest BCUT2D eigenvalue weighted by Gasteiger charge is -2.26. The van der Waals surface area contributed by atoms with Gasteiger partial charge in [-0.1, -0.05) is 31.0 Å². The van der Waals surface area contributed by atoms with Gasteiger partial charge in [-0.2, -0.15) is 5.26 Å². The Hall–Kier alpha value is -2.73. The van der Waals surface area contributed by atoms with Crippen molar-refractivity contribution in [1.82, 2.24) is 19.7 Å². The first-order valence-electron chi connectivity index (χ1n) is 10.5. The minimum absolute atomic E-state index is 0.0221. The van der Waals surface area contributed by atoms with E-state index in [2.05, 4.69) is 20.8 Å². The third-order valence-electron chi connectivity index (χ3n) is 5.56. The van der Waals surface area contributed by atoms with Crippen LogP contribution >= 0.6 is 11.8 Å². The molecule has 0 saturated heterocycles. The van der Waals surface area contributed by atoms with Gasteiger partial charge in [0.05, 0.1) is 32.5 Å². The minimum Gasteiger partial charge on any atom is -0.493 e. The molecule has 0 aliphatic heterocycles. The predicted molar refractivity (Wildman–Crippen MR) is 119 cm³/mol. The molecule has 1 aliphatic carbocycles. The van der Waals surface area contributed by atoms with Crippen molar-refractivity contribution in [3.63, 3.8) is 0 Å². The van der Waals surface area contributed by atoms with E-state index in [1.54, 1.807) is 26.2 Å². The summed E-state index contributed by atoms with van der Waals surface area (Å²) < 4.78 is 13.0. The first-order chi connectivity index (χ1) is 15.1. The zero-order chi connectivity index (χ0) is 22.2. The number of nitriles is 1. The average Bonchev–Trinajstić information content (AvgIpc) is 3.24. The summed E-state index contributed by atoms with van der Waals surface area (Å²) >= 11 is 1.40. The second kappa shape index (κ2) is 11.0. The second-order valence-corrected chi connectivity index (χ2v) is 8.49. The molecule has 0 atom stereocenters. The molecule has 2 aromatic rings. The highest BCUT2D eigenvalue weighted by Gasteiger charge is 2.25. The van der Waals surface area contributed by atoms with Crippen LogP contribution in [0.25, 0.3) is 11.4 Å². The quantitative estimate of drug-likeness (QED) is 0.542. The van der Waals surface area contributed by atoms with Crippen molar-refractivity contribution < 1.29 is 14.3 Å². The van der Waals surface area contributed by atoms with Crippen LogP contribution in [0.4, 0.5) is 0 Å². The molecule has 1 heterocycles. The zero-order valence-corrected chi connectivity index (χ0v) is 19.2. The fourth-order valence-electron chi connectivity index (χ4n) is 3.79. The van der Waals surface area contributed by atoms with E-state index in [1.807, 2.05) is 18.2 Å². The number of carbonyl (C=O) groups excluding carboxylic acids is 1. The maximum Gasteiger partial charge on any atom is 0.232 e. The molecule has 0 unspecified atom stereocenters. The molecule has 8 nitrogen and oxygen atoms in total. The van der Waals surface area contributed by atoms with Gasteiger partial charge < -0.3 is 14.4 Å². The van der Waals surface area contributed by atoms with Crippen molar-refractivity contribution in [2.75, 3.05) is 33.6 Å². The molecule has 9 heteroatoms. The molecule has 0 bridgehead atoms. The minimum atomic E-state index is -0.0221. The number of aromatic nitrogens is 3. The highest BCUT2D eigenvalue weighted by Crippen LogP contribution is 2.38. The molecule has 1 aliphatic rings. The number of thioether (sulfide) groups is 1. The van der Waals surface area contributed by atoms with Gasteiger partial charge in [0, 0.05) is 25.2 Å². The van der Waals surface area contributed by atoms with Gasteiger partial charge in [-0.3, -0.25) is 9.36 Å². The monoisotopic (exact) mass is 443 g/mol. The van der Waals surface area contributed by atoms with Crippen LogP contribution in [0, 0.1) is 11.3 Å². The molecule has 0 spiro atoms. The standard InChI is InChI=1S/C22H29N5O3S/c1-26(13-7-12-23)20(28)15-31-22-25-24-21(27(22)17-8-5-4-6-9-17)16-10-11-18(29-2)19(14-16)30-3/h10-11,14,17H,4-9,13,15H2,1-3H3. The van der Waals surface area contributed by atoms with Crippen molar-refractivity contribution >= 4 is 17.7 Å². The number of benzene rings is 1. The summed E-state index contributed by atoms with van der Waals surface area (Å²) in [6.45, 7) is 0.433. The van der Waals surface area contributed by atoms with Crippen LogP contribution in [0.5, 0.6) is 11.5 Å². The Morgan fingerprint density at radius 1 is 1.23 bits per heavy atom. The Kier molecular flexibility index (Phi) is 8.18. The lowest BCUT2D eigenvalue weighted by Crippen LogP contribution is -2.29. The van der Waals surface area contributed by atoms with E-state index < -0.39 is 0 Å². The number of amides is 1. The van der Waals surface area contributed by atoms with Crippen molar-refractivity contribution in [3.05, 3.63) is 18.2 Å². The van der Waals surface area contributed by atoms with Gasteiger partial charge in [-0.05, 0) is 31.0 Å². The van der Waals surface area contributed by atoms with E-state index in [9.17, 15) is 4.79 Å². The van der Waals surface area contributed by atoms with Gasteiger partial charge in [0.2, 0.25) is 5.91 Å². The zero-order valence-electron chi connectivity index (χ0n) is 18.3. The summed E-state index contributed by atoms with van der Waals surface area (Å²) in [5.74, 6) is 2.32. The van der Waals surface area contributed by atoms with Crippen LogP contribution in [-0.4, -0.2) is 59.1 Å². The Bertz CT molecular complexity index is 934. The number of ether oxygens (including phenoxy) is 2. The summed E-state index contributed by atoms with van der Waals surface area (Å²) in [6.07, 6.45) is 6.07. The smallest absolute Gasteiger partial charge is 0.232 e. The van der Waals surface area contributed by atoms with Crippen LogP contribution in [0.1, 0.15) is 44.6 Å².